The topological polar surface area (TPSA) is 50.1 Å². The van der Waals surface area contributed by atoms with E-state index in [9.17, 15) is 4.57 Å². The van der Waals surface area contributed by atoms with Crippen LogP contribution in [-0.2, 0) is 9.09 Å². The van der Waals surface area contributed by atoms with Gasteiger partial charge < -0.3 is 4.52 Å². The van der Waals surface area contributed by atoms with Crippen LogP contribution in [-0.4, -0.2) is 13.3 Å². The van der Waals surface area contributed by atoms with Crippen LogP contribution in [0.15, 0.2) is 11.9 Å². The van der Waals surface area contributed by atoms with Gasteiger partial charge in [-0.25, -0.2) is 0 Å². The second-order valence-electron chi connectivity index (χ2n) is 1.67. The summed E-state index contributed by atoms with van der Waals surface area (Å²) in [5.74, 6) is 1.33. The Morgan fingerprint density at radius 1 is 1.80 bits per heavy atom. The van der Waals surface area contributed by atoms with Crippen molar-refractivity contribution in [2.75, 3.05) is 13.3 Å². The summed E-state index contributed by atoms with van der Waals surface area (Å²) in [5.41, 5.74) is 0. The van der Waals surface area contributed by atoms with E-state index in [1.54, 1.807) is 13.0 Å². The maximum Gasteiger partial charge on any atom is 0.225 e. The zero-order chi connectivity index (χ0) is 8.04. The first kappa shape index (κ1) is 9.42. The van der Waals surface area contributed by atoms with Crippen molar-refractivity contribution in [2.24, 2.45) is 0 Å². The fourth-order valence-electron chi connectivity index (χ4n) is 0.442. The molecule has 0 rings (SSSR count). The summed E-state index contributed by atoms with van der Waals surface area (Å²) >= 11 is 0. The standard InChI is InChI=1S/C6H10NO2P/c1-3-10(8,9-2)6-4-5-7/h4,6H,3H2,1-2H3/b6-4+. The molecule has 10 heavy (non-hydrogen) atoms. The average molecular weight is 159 g/mol. The molecule has 0 fully saturated rings. The van der Waals surface area contributed by atoms with E-state index in [1.807, 2.05) is 0 Å². The van der Waals surface area contributed by atoms with Crippen molar-refractivity contribution in [1.82, 2.24) is 0 Å². The largest absolute Gasteiger partial charge is 0.329 e. The van der Waals surface area contributed by atoms with Crippen LogP contribution in [0.1, 0.15) is 6.92 Å². The zero-order valence-corrected chi connectivity index (χ0v) is 6.97. The van der Waals surface area contributed by atoms with E-state index in [4.69, 9.17) is 9.79 Å². The zero-order valence-electron chi connectivity index (χ0n) is 6.07. The normalized spacial score (nSPS) is 16.5. The lowest BCUT2D eigenvalue weighted by Gasteiger charge is -2.06. The van der Waals surface area contributed by atoms with Crippen molar-refractivity contribution < 1.29 is 9.09 Å². The molecular formula is C6H10NO2P. The van der Waals surface area contributed by atoms with Gasteiger partial charge in [0.25, 0.3) is 0 Å². The Hall–Kier alpha value is -0.580. The Labute approximate surface area is 60.8 Å². The average Bonchev–Trinajstić information content (AvgIpc) is 2.00. The van der Waals surface area contributed by atoms with Gasteiger partial charge in [0.1, 0.15) is 0 Å². The number of nitriles is 1. The molecule has 1 atom stereocenters. The molecule has 0 saturated heterocycles. The minimum atomic E-state index is -2.60. The van der Waals surface area contributed by atoms with Crippen molar-refractivity contribution in [1.29, 1.82) is 5.26 Å². The Morgan fingerprint density at radius 2 is 2.40 bits per heavy atom. The van der Waals surface area contributed by atoms with E-state index in [2.05, 4.69) is 0 Å². The third kappa shape index (κ3) is 2.82. The molecule has 4 heteroatoms. The number of hydrogen-bond acceptors (Lipinski definition) is 3. The van der Waals surface area contributed by atoms with Gasteiger partial charge in [0.2, 0.25) is 7.37 Å². The van der Waals surface area contributed by atoms with Gasteiger partial charge in [-0.3, -0.25) is 4.57 Å². The van der Waals surface area contributed by atoms with E-state index in [0.717, 1.165) is 0 Å². The van der Waals surface area contributed by atoms with Gasteiger partial charge in [0.05, 0.1) is 6.07 Å². The molecule has 0 aliphatic heterocycles. The van der Waals surface area contributed by atoms with Crippen molar-refractivity contribution in [2.45, 2.75) is 6.92 Å². The van der Waals surface area contributed by atoms with Crippen LogP contribution in [0.4, 0.5) is 0 Å². The summed E-state index contributed by atoms with van der Waals surface area (Å²) < 4.78 is 16.0. The van der Waals surface area contributed by atoms with Crippen molar-refractivity contribution in [3.63, 3.8) is 0 Å². The highest BCUT2D eigenvalue weighted by Crippen LogP contribution is 2.46. The second-order valence-corrected chi connectivity index (χ2v) is 4.42. The third-order valence-corrected chi connectivity index (χ3v) is 3.23. The molecule has 0 aliphatic carbocycles. The maximum atomic E-state index is 11.2. The highest BCUT2D eigenvalue weighted by molar-refractivity contribution is 7.62. The van der Waals surface area contributed by atoms with Crippen LogP contribution in [0.3, 0.4) is 0 Å². The second kappa shape index (κ2) is 4.27. The molecule has 0 aromatic carbocycles. The Morgan fingerprint density at radius 3 is 2.70 bits per heavy atom. The highest BCUT2D eigenvalue weighted by atomic mass is 31.2. The Bertz CT molecular complexity index is 196. The van der Waals surface area contributed by atoms with Crippen LogP contribution in [0.25, 0.3) is 0 Å². The number of hydrogen-bond donors (Lipinski definition) is 0. The fraction of sp³-hybridized carbons (Fsp3) is 0.500. The molecule has 0 aromatic rings. The third-order valence-electron chi connectivity index (χ3n) is 1.13. The summed E-state index contributed by atoms with van der Waals surface area (Å²) in [6, 6.07) is 1.76. The Kier molecular flexibility index (Phi) is 4.02. The van der Waals surface area contributed by atoms with Crippen molar-refractivity contribution >= 4 is 7.37 Å². The molecule has 0 N–H and O–H groups in total. The molecule has 0 radical (unpaired) electrons. The highest BCUT2D eigenvalue weighted by Gasteiger charge is 2.12. The number of allylic oxidation sites excluding steroid dienone is 1. The molecule has 0 spiro atoms. The molecule has 0 aromatic heterocycles. The van der Waals surface area contributed by atoms with Gasteiger partial charge in [0.15, 0.2) is 0 Å². The van der Waals surface area contributed by atoms with Gasteiger partial charge in [-0.1, -0.05) is 6.92 Å². The molecule has 56 valence electrons. The van der Waals surface area contributed by atoms with Gasteiger partial charge >= 0.3 is 0 Å². The molecule has 0 saturated carbocycles. The molecule has 3 nitrogen and oxygen atoms in total. The maximum absolute atomic E-state index is 11.2. The van der Waals surface area contributed by atoms with Gasteiger partial charge in [0, 0.05) is 25.2 Å². The van der Waals surface area contributed by atoms with E-state index in [0.29, 0.717) is 6.16 Å². The molecule has 0 aliphatic rings. The first-order valence-electron chi connectivity index (χ1n) is 2.90. The lowest BCUT2D eigenvalue weighted by molar-refractivity contribution is 0.403. The van der Waals surface area contributed by atoms with E-state index < -0.39 is 7.37 Å². The van der Waals surface area contributed by atoms with Gasteiger partial charge in [-0.2, -0.15) is 5.26 Å². The van der Waals surface area contributed by atoms with E-state index in [-0.39, 0.29) is 0 Å². The summed E-state index contributed by atoms with van der Waals surface area (Å²) in [6.07, 6.45) is 1.62. The molecule has 0 heterocycles. The van der Waals surface area contributed by atoms with Crippen LogP contribution in [0, 0.1) is 11.3 Å². The summed E-state index contributed by atoms with van der Waals surface area (Å²) in [4.78, 5) is 0. The van der Waals surface area contributed by atoms with Crippen molar-refractivity contribution in [3.05, 3.63) is 11.9 Å². The predicted molar refractivity (Wildman–Crippen MR) is 39.9 cm³/mol. The smallest absolute Gasteiger partial charge is 0.225 e. The minimum absolute atomic E-state index is 0.432. The summed E-state index contributed by atoms with van der Waals surface area (Å²) in [5, 5.41) is 8.11. The number of nitrogens with zero attached hydrogens (tertiary/aromatic N) is 1. The fourth-order valence-corrected chi connectivity index (χ4v) is 1.33. The van der Waals surface area contributed by atoms with Crippen LogP contribution >= 0.6 is 7.37 Å². The molecule has 0 bridgehead atoms. The summed E-state index contributed by atoms with van der Waals surface area (Å²) in [6.45, 7) is 1.76. The minimum Gasteiger partial charge on any atom is -0.329 e. The first-order chi connectivity index (χ1) is 4.68. The molecule has 1 unspecified atom stereocenters. The van der Waals surface area contributed by atoms with Crippen LogP contribution in [0.2, 0.25) is 0 Å². The molecule has 0 amide bonds. The SMILES string of the molecule is CCP(=O)(/C=C/C#N)OC. The monoisotopic (exact) mass is 159 g/mol. The predicted octanol–water partition coefficient (Wildman–Crippen LogP) is 1.97. The lowest BCUT2D eigenvalue weighted by Crippen LogP contribution is -1.82. The van der Waals surface area contributed by atoms with E-state index >= 15 is 0 Å². The Balaban J connectivity index is 4.25. The van der Waals surface area contributed by atoms with E-state index in [1.165, 1.54) is 19.0 Å². The first-order valence-corrected chi connectivity index (χ1v) is 4.78. The number of rotatable bonds is 3. The quantitative estimate of drug-likeness (QED) is 0.467. The van der Waals surface area contributed by atoms with Crippen LogP contribution < -0.4 is 0 Å². The molecular weight excluding hydrogens is 149 g/mol. The summed E-state index contributed by atoms with van der Waals surface area (Å²) in [7, 11) is -1.22. The van der Waals surface area contributed by atoms with Crippen LogP contribution in [0.5, 0.6) is 0 Å². The lowest BCUT2D eigenvalue weighted by atomic mass is 10.7. The van der Waals surface area contributed by atoms with Crippen molar-refractivity contribution in [3.8, 4) is 6.07 Å². The van der Waals surface area contributed by atoms with Gasteiger partial charge in [-0.05, 0) is 0 Å². The van der Waals surface area contributed by atoms with Gasteiger partial charge in [-0.15, -0.1) is 0 Å².